The number of ether oxygens (including phenoxy) is 1. The van der Waals surface area contributed by atoms with Crippen molar-refractivity contribution in [3.8, 4) is 5.75 Å². The highest BCUT2D eigenvalue weighted by atomic mass is 35.5. The van der Waals surface area contributed by atoms with Crippen LogP contribution in [0.4, 0.5) is 5.69 Å². The summed E-state index contributed by atoms with van der Waals surface area (Å²) in [7, 11) is 1.62. The number of carbonyl (C=O) groups is 1. The van der Waals surface area contributed by atoms with Gasteiger partial charge in [-0.3, -0.25) is 4.79 Å². The summed E-state index contributed by atoms with van der Waals surface area (Å²) in [5, 5.41) is 3.44. The molecule has 1 N–H and O–H groups in total. The van der Waals surface area contributed by atoms with E-state index in [-0.39, 0.29) is 5.91 Å². The van der Waals surface area contributed by atoms with E-state index in [0.29, 0.717) is 10.6 Å². The molecule has 0 unspecified atom stereocenters. The first kappa shape index (κ1) is 12.8. The molecule has 1 aliphatic rings. The van der Waals surface area contributed by atoms with Crippen LogP contribution in [0.1, 0.15) is 11.1 Å². The van der Waals surface area contributed by atoms with E-state index in [9.17, 15) is 4.79 Å². The van der Waals surface area contributed by atoms with E-state index >= 15 is 0 Å². The highest BCUT2D eigenvalue weighted by Gasteiger charge is 2.23. The van der Waals surface area contributed by atoms with Crippen LogP contribution in [-0.4, -0.2) is 13.0 Å². The standard InChI is InChI=1S/C16H12ClNO2/c1-20-12-5-2-10(3-6-12)8-14-13-9-11(17)4-7-15(13)18-16(14)19/h2-9H,1H3,(H,18,19)/b14-8-. The topological polar surface area (TPSA) is 38.3 Å². The Labute approximate surface area is 121 Å². The Morgan fingerprint density at radius 3 is 2.60 bits per heavy atom. The smallest absolute Gasteiger partial charge is 0.256 e. The van der Waals surface area contributed by atoms with Gasteiger partial charge in [0.1, 0.15) is 5.75 Å². The highest BCUT2D eigenvalue weighted by molar-refractivity contribution is 6.36. The number of amides is 1. The molecule has 0 spiro atoms. The van der Waals surface area contributed by atoms with Crippen molar-refractivity contribution in [1.82, 2.24) is 0 Å². The number of benzene rings is 2. The zero-order valence-electron chi connectivity index (χ0n) is 10.8. The van der Waals surface area contributed by atoms with Gasteiger partial charge in [0.05, 0.1) is 7.11 Å². The van der Waals surface area contributed by atoms with Crippen LogP contribution in [0.15, 0.2) is 42.5 Å². The maximum atomic E-state index is 12.0. The third-order valence-electron chi connectivity index (χ3n) is 3.19. The van der Waals surface area contributed by atoms with Gasteiger partial charge in [-0.2, -0.15) is 0 Å². The fraction of sp³-hybridized carbons (Fsp3) is 0.0625. The molecule has 3 rings (SSSR count). The third-order valence-corrected chi connectivity index (χ3v) is 3.43. The van der Waals surface area contributed by atoms with Crippen molar-refractivity contribution in [2.75, 3.05) is 12.4 Å². The van der Waals surface area contributed by atoms with Gasteiger partial charge in [0.2, 0.25) is 0 Å². The molecule has 1 amide bonds. The highest BCUT2D eigenvalue weighted by Crippen LogP contribution is 2.35. The lowest BCUT2D eigenvalue weighted by Gasteiger charge is -2.01. The molecule has 0 atom stereocenters. The quantitative estimate of drug-likeness (QED) is 0.851. The predicted octanol–water partition coefficient (Wildman–Crippen LogP) is 3.84. The average molecular weight is 286 g/mol. The molecule has 1 heterocycles. The van der Waals surface area contributed by atoms with Crippen molar-refractivity contribution in [1.29, 1.82) is 0 Å². The Bertz CT molecular complexity index is 705. The van der Waals surface area contributed by atoms with E-state index < -0.39 is 0 Å². The lowest BCUT2D eigenvalue weighted by atomic mass is 10.0. The average Bonchev–Trinajstić information content (AvgIpc) is 2.76. The van der Waals surface area contributed by atoms with E-state index in [1.54, 1.807) is 19.2 Å². The maximum absolute atomic E-state index is 12.0. The second kappa shape index (κ2) is 5.02. The molecule has 3 nitrogen and oxygen atoms in total. The van der Waals surface area contributed by atoms with Gasteiger partial charge in [-0.15, -0.1) is 0 Å². The Morgan fingerprint density at radius 2 is 1.90 bits per heavy atom. The Kier molecular flexibility index (Phi) is 3.20. The molecule has 2 aromatic rings. The minimum absolute atomic E-state index is 0.113. The van der Waals surface area contributed by atoms with E-state index in [0.717, 1.165) is 22.6 Å². The van der Waals surface area contributed by atoms with E-state index in [2.05, 4.69) is 5.32 Å². The fourth-order valence-corrected chi connectivity index (χ4v) is 2.34. The van der Waals surface area contributed by atoms with Crippen LogP contribution in [0.25, 0.3) is 11.6 Å². The van der Waals surface area contributed by atoms with Crippen LogP contribution in [0.5, 0.6) is 5.75 Å². The summed E-state index contributed by atoms with van der Waals surface area (Å²) < 4.78 is 5.11. The lowest BCUT2D eigenvalue weighted by molar-refractivity contribution is -0.110. The van der Waals surface area contributed by atoms with Gasteiger partial charge < -0.3 is 10.1 Å². The third kappa shape index (κ3) is 2.28. The number of carbonyl (C=O) groups excluding carboxylic acids is 1. The van der Waals surface area contributed by atoms with Gasteiger partial charge in [0.25, 0.3) is 5.91 Å². The Balaban J connectivity index is 2.03. The normalized spacial score (nSPS) is 15.1. The molecule has 0 radical (unpaired) electrons. The number of fused-ring (bicyclic) bond motifs is 1. The second-order valence-corrected chi connectivity index (χ2v) is 4.91. The SMILES string of the molecule is COc1ccc(/C=C2\C(=O)Nc3ccc(Cl)cc32)cc1. The van der Waals surface area contributed by atoms with Crippen molar-refractivity contribution < 1.29 is 9.53 Å². The van der Waals surface area contributed by atoms with Gasteiger partial charge in [-0.1, -0.05) is 23.7 Å². The fourth-order valence-electron chi connectivity index (χ4n) is 2.17. The van der Waals surface area contributed by atoms with Crippen LogP contribution in [-0.2, 0) is 4.79 Å². The summed E-state index contributed by atoms with van der Waals surface area (Å²) in [6, 6.07) is 12.9. The van der Waals surface area contributed by atoms with Crippen molar-refractivity contribution in [2.24, 2.45) is 0 Å². The molecule has 20 heavy (non-hydrogen) atoms. The first-order chi connectivity index (χ1) is 9.67. The number of methoxy groups -OCH3 is 1. The summed E-state index contributed by atoms with van der Waals surface area (Å²) in [5.41, 5.74) is 3.17. The first-order valence-electron chi connectivity index (χ1n) is 6.14. The van der Waals surface area contributed by atoms with E-state index in [4.69, 9.17) is 16.3 Å². The summed E-state index contributed by atoms with van der Waals surface area (Å²) in [5.74, 6) is 0.671. The van der Waals surface area contributed by atoms with Crippen LogP contribution in [0.3, 0.4) is 0 Å². The second-order valence-electron chi connectivity index (χ2n) is 4.48. The number of rotatable bonds is 2. The van der Waals surface area contributed by atoms with E-state index in [1.807, 2.05) is 36.4 Å². The zero-order valence-corrected chi connectivity index (χ0v) is 11.6. The molecule has 0 saturated heterocycles. The van der Waals surface area contributed by atoms with Crippen LogP contribution >= 0.6 is 11.6 Å². The van der Waals surface area contributed by atoms with Crippen LogP contribution in [0.2, 0.25) is 5.02 Å². The first-order valence-corrected chi connectivity index (χ1v) is 6.52. The summed E-state index contributed by atoms with van der Waals surface area (Å²) in [6.45, 7) is 0. The summed E-state index contributed by atoms with van der Waals surface area (Å²) in [6.07, 6.45) is 1.84. The van der Waals surface area contributed by atoms with Gasteiger partial charge in [-0.05, 0) is 42.0 Å². The number of anilines is 1. The lowest BCUT2D eigenvalue weighted by Crippen LogP contribution is -2.03. The molecule has 0 aliphatic carbocycles. The van der Waals surface area contributed by atoms with Crippen LogP contribution in [0, 0.1) is 0 Å². The maximum Gasteiger partial charge on any atom is 0.256 e. The Hall–Kier alpha value is -2.26. The number of hydrogen-bond donors (Lipinski definition) is 1. The predicted molar refractivity (Wildman–Crippen MR) is 80.9 cm³/mol. The number of nitrogens with one attached hydrogen (secondary N) is 1. The van der Waals surface area contributed by atoms with Crippen molar-refractivity contribution in [3.05, 3.63) is 58.6 Å². The molecular formula is C16H12ClNO2. The molecule has 0 aromatic heterocycles. The molecular weight excluding hydrogens is 274 g/mol. The van der Waals surface area contributed by atoms with Gasteiger partial charge in [0, 0.05) is 21.8 Å². The summed E-state index contributed by atoms with van der Waals surface area (Å²) >= 11 is 6.00. The zero-order chi connectivity index (χ0) is 14.1. The number of hydrogen-bond acceptors (Lipinski definition) is 2. The Morgan fingerprint density at radius 1 is 1.15 bits per heavy atom. The monoisotopic (exact) mass is 285 g/mol. The minimum Gasteiger partial charge on any atom is -0.497 e. The molecule has 0 saturated carbocycles. The van der Waals surface area contributed by atoms with Crippen LogP contribution < -0.4 is 10.1 Å². The van der Waals surface area contributed by atoms with Gasteiger partial charge in [-0.25, -0.2) is 0 Å². The minimum atomic E-state index is -0.113. The van der Waals surface area contributed by atoms with Gasteiger partial charge >= 0.3 is 0 Å². The largest absolute Gasteiger partial charge is 0.497 e. The number of halogens is 1. The molecule has 1 aliphatic heterocycles. The molecule has 4 heteroatoms. The van der Waals surface area contributed by atoms with Crippen molar-refractivity contribution in [2.45, 2.75) is 0 Å². The van der Waals surface area contributed by atoms with Crippen molar-refractivity contribution in [3.63, 3.8) is 0 Å². The molecule has 0 bridgehead atoms. The van der Waals surface area contributed by atoms with Gasteiger partial charge in [0.15, 0.2) is 0 Å². The molecule has 2 aromatic carbocycles. The van der Waals surface area contributed by atoms with Crippen molar-refractivity contribution >= 4 is 34.8 Å². The van der Waals surface area contributed by atoms with E-state index in [1.165, 1.54) is 0 Å². The molecule has 100 valence electrons. The summed E-state index contributed by atoms with van der Waals surface area (Å²) in [4.78, 5) is 12.0. The molecule has 0 fully saturated rings.